The summed E-state index contributed by atoms with van der Waals surface area (Å²) in [5, 5.41) is 11.9. The van der Waals surface area contributed by atoms with Crippen molar-refractivity contribution in [3.05, 3.63) is 17.0 Å². The maximum Gasteiger partial charge on any atom is 0.336 e. The summed E-state index contributed by atoms with van der Waals surface area (Å²) in [5.41, 5.74) is -0.156. The summed E-state index contributed by atoms with van der Waals surface area (Å²) >= 11 is 0.727. The van der Waals surface area contributed by atoms with Crippen molar-refractivity contribution >= 4 is 39.1 Å². The molecule has 0 bridgehead atoms. The van der Waals surface area contributed by atoms with Gasteiger partial charge in [-0.05, 0) is 6.07 Å². The Labute approximate surface area is 111 Å². The van der Waals surface area contributed by atoms with Crippen molar-refractivity contribution in [1.82, 2.24) is 9.62 Å². The highest BCUT2D eigenvalue weighted by Crippen LogP contribution is 2.24. The summed E-state index contributed by atoms with van der Waals surface area (Å²) in [6.45, 7) is -0.928. The fourth-order valence-corrected chi connectivity index (χ4v) is 4.13. The van der Waals surface area contributed by atoms with Gasteiger partial charge >= 0.3 is 5.97 Å². The number of carboxylic acids is 1. The normalized spacial score (nSPS) is 17.3. The molecule has 1 aromatic rings. The van der Waals surface area contributed by atoms with Crippen LogP contribution in [0.2, 0.25) is 0 Å². The average molecular weight is 304 g/mol. The van der Waals surface area contributed by atoms with Crippen molar-refractivity contribution in [2.45, 2.75) is 4.21 Å². The first-order valence-electron chi connectivity index (χ1n) is 4.95. The summed E-state index contributed by atoms with van der Waals surface area (Å²) in [4.78, 5) is 33.0. The molecule has 2 rings (SSSR count). The van der Waals surface area contributed by atoms with E-state index >= 15 is 0 Å². The average Bonchev–Trinajstić information content (AvgIpc) is 2.77. The van der Waals surface area contributed by atoms with Crippen LogP contribution in [0, 0.1) is 0 Å². The lowest BCUT2D eigenvalue weighted by atomic mass is 10.4. The molecule has 1 aromatic heterocycles. The summed E-state index contributed by atoms with van der Waals surface area (Å²) < 4.78 is 24.7. The third-order valence-electron chi connectivity index (χ3n) is 2.34. The highest BCUT2D eigenvalue weighted by Gasteiger charge is 2.34. The maximum absolute atomic E-state index is 12.1. The second-order valence-electron chi connectivity index (χ2n) is 3.70. The molecule has 2 N–H and O–H groups in total. The number of aromatic carboxylic acids is 1. The SMILES string of the molecule is O=C1CN(S(=O)(=O)c2cc(C(=O)O)cs2)CC(=O)N1. The zero-order valence-corrected chi connectivity index (χ0v) is 11.0. The van der Waals surface area contributed by atoms with E-state index in [0.717, 1.165) is 17.4 Å². The summed E-state index contributed by atoms with van der Waals surface area (Å²) in [6.07, 6.45) is 0. The van der Waals surface area contributed by atoms with Crippen LogP contribution in [-0.4, -0.2) is 48.7 Å². The Kier molecular flexibility index (Phi) is 3.39. The monoisotopic (exact) mass is 304 g/mol. The number of thiophene rings is 1. The highest BCUT2D eigenvalue weighted by atomic mass is 32.2. The molecule has 1 saturated heterocycles. The highest BCUT2D eigenvalue weighted by molar-refractivity contribution is 7.91. The van der Waals surface area contributed by atoms with E-state index < -0.39 is 40.9 Å². The molecule has 1 aliphatic heterocycles. The van der Waals surface area contributed by atoms with Crippen molar-refractivity contribution in [3.8, 4) is 0 Å². The number of carbonyl (C=O) groups excluding carboxylic acids is 2. The van der Waals surface area contributed by atoms with Crippen LogP contribution in [0.25, 0.3) is 0 Å². The smallest absolute Gasteiger partial charge is 0.336 e. The van der Waals surface area contributed by atoms with Crippen molar-refractivity contribution in [2.24, 2.45) is 0 Å². The summed E-state index contributed by atoms with van der Waals surface area (Å²) in [7, 11) is -4.03. The van der Waals surface area contributed by atoms with Gasteiger partial charge in [-0.2, -0.15) is 4.31 Å². The standard InChI is InChI=1S/C9H8N2O6S2/c12-6-2-11(3-7(13)10-6)19(16,17)8-1-5(4-18-8)9(14)15/h1,4H,2-3H2,(H,14,15)(H,10,12,13). The van der Waals surface area contributed by atoms with Crippen LogP contribution in [0.5, 0.6) is 0 Å². The quantitative estimate of drug-likeness (QED) is 0.698. The zero-order chi connectivity index (χ0) is 14.2. The number of carboxylic acid groups (broad SMARTS) is 1. The van der Waals surface area contributed by atoms with Crippen molar-refractivity contribution < 1.29 is 27.9 Å². The molecule has 0 aliphatic carbocycles. The Hall–Kier alpha value is -1.78. The molecular weight excluding hydrogens is 296 g/mol. The van der Waals surface area contributed by atoms with Crippen LogP contribution >= 0.6 is 11.3 Å². The topological polar surface area (TPSA) is 121 Å². The fourth-order valence-electron chi connectivity index (χ4n) is 1.47. The van der Waals surface area contributed by atoms with E-state index in [1.54, 1.807) is 0 Å². The van der Waals surface area contributed by atoms with Crippen LogP contribution in [0.4, 0.5) is 0 Å². The first-order valence-corrected chi connectivity index (χ1v) is 7.27. The van der Waals surface area contributed by atoms with E-state index in [1.807, 2.05) is 5.32 Å². The molecule has 1 aliphatic rings. The van der Waals surface area contributed by atoms with Gasteiger partial charge in [0, 0.05) is 5.38 Å². The minimum atomic E-state index is -4.03. The second-order valence-corrected chi connectivity index (χ2v) is 6.78. The molecule has 0 atom stereocenters. The third-order valence-corrected chi connectivity index (χ3v) is 5.54. The third kappa shape index (κ3) is 2.64. The van der Waals surface area contributed by atoms with E-state index in [9.17, 15) is 22.8 Å². The molecule has 0 radical (unpaired) electrons. The second kappa shape index (κ2) is 4.72. The largest absolute Gasteiger partial charge is 0.478 e. The first-order chi connectivity index (χ1) is 8.80. The van der Waals surface area contributed by atoms with E-state index in [-0.39, 0.29) is 9.77 Å². The minimum absolute atomic E-state index is 0.156. The van der Waals surface area contributed by atoms with Gasteiger partial charge in [0.25, 0.3) is 10.0 Å². The Morgan fingerprint density at radius 1 is 1.32 bits per heavy atom. The minimum Gasteiger partial charge on any atom is -0.478 e. The molecule has 0 unspecified atom stereocenters. The number of nitrogens with one attached hydrogen (secondary N) is 1. The van der Waals surface area contributed by atoms with E-state index in [0.29, 0.717) is 4.31 Å². The molecule has 0 aromatic carbocycles. The number of piperazine rings is 1. The molecule has 102 valence electrons. The van der Waals surface area contributed by atoms with Gasteiger partial charge in [0.15, 0.2) is 0 Å². The van der Waals surface area contributed by atoms with Crippen molar-refractivity contribution in [1.29, 1.82) is 0 Å². The molecular formula is C9H8N2O6S2. The van der Waals surface area contributed by atoms with Gasteiger partial charge in [0.05, 0.1) is 18.7 Å². The Morgan fingerprint density at radius 3 is 2.37 bits per heavy atom. The predicted molar refractivity (Wildman–Crippen MR) is 63.2 cm³/mol. The molecule has 0 spiro atoms. The van der Waals surface area contributed by atoms with Gasteiger partial charge in [0.2, 0.25) is 11.8 Å². The summed E-state index contributed by atoms with van der Waals surface area (Å²) in [6, 6.07) is 0.999. The molecule has 0 saturated carbocycles. The van der Waals surface area contributed by atoms with Crippen LogP contribution in [0.1, 0.15) is 10.4 Å². The Morgan fingerprint density at radius 2 is 1.89 bits per heavy atom. The van der Waals surface area contributed by atoms with Gasteiger partial charge in [-0.25, -0.2) is 13.2 Å². The molecule has 1 fully saturated rings. The van der Waals surface area contributed by atoms with Gasteiger partial charge in [-0.1, -0.05) is 0 Å². The number of nitrogens with zero attached hydrogens (tertiary/aromatic N) is 1. The van der Waals surface area contributed by atoms with Crippen molar-refractivity contribution in [2.75, 3.05) is 13.1 Å². The van der Waals surface area contributed by atoms with Crippen LogP contribution < -0.4 is 5.32 Å². The van der Waals surface area contributed by atoms with Gasteiger partial charge < -0.3 is 5.11 Å². The Bertz CT molecular complexity index is 646. The lowest BCUT2D eigenvalue weighted by Gasteiger charge is -2.23. The fraction of sp³-hybridized carbons (Fsp3) is 0.222. The van der Waals surface area contributed by atoms with Gasteiger partial charge in [-0.15, -0.1) is 11.3 Å². The molecule has 2 amide bonds. The molecule has 10 heteroatoms. The van der Waals surface area contributed by atoms with Crippen LogP contribution in [-0.2, 0) is 19.6 Å². The molecule has 8 nitrogen and oxygen atoms in total. The number of sulfonamides is 1. The number of imide groups is 1. The summed E-state index contributed by atoms with van der Waals surface area (Å²) in [5.74, 6) is -2.67. The van der Waals surface area contributed by atoms with E-state index in [1.165, 1.54) is 5.38 Å². The zero-order valence-electron chi connectivity index (χ0n) is 9.32. The number of hydrogen-bond acceptors (Lipinski definition) is 6. The van der Waals surface area contributed by atoms with Gasteiger partial charge in [0.1, 0.15) is 4.21 Å². The molecule has 19 heavy (non-hydrogen) atoms. The maximum atomic E-state index is 12.1. The lowest BCUT2D eigenvalue weighted by molar-refractivity contribution is -0.134. The first kappa shape index (κ1) is 13.6. The Balaban J connectivity index is 2.33. The lowest BCUT2D eigenvalue weighted by Crippen LogP contribution is -2.53. The van der Waals surface area contributed by atoms with Crippen LogP contribution in [0.3, 0.4) is 0 Å². The molecule has 2 heterocycles. The van der Waals surface area contributed by atoms with E-state index in [4.69, 9.17) is 5.11 Å². The number of hydrogen-bond donors (Lipinski definition) is 2. The number of carbonyl (C=O) groups is 3. The van der Waals surface area contributed by atoms with Crippen LogP contribution in [0.15, 0.2) is 15.7 Å². The number of rotatable bonds is 3. The number of amides is 2. The predicted octanol–water partition coefficient (Wildman–Crippen LogP) is -0.907. The van der Waals surface area contributed by atoms with Gasteiger partial charge in [-0.3, -0.25) is 14.9 Å². The van der Waals surface area contributed by atoms with E-state index in [2.05, 4.69) is 0 Å². The van der Waals surface area contributed by atoms with Crippen molar-refractivity contribution in [3.63, 3.8) is 0 Å².